The number of halogens is 6. The van der Waals surface area contributed by atoms with Gasteiger partial charge in [-0.2, -0.15) is 26.3 Å². The third-order valence-corrected chi connectivity index (χ3v) is 6.91. The number of aryl methyl sites for hydroxylation is 1. The molecule has 1 atom stereocenters. The van der Waals surface area contributed by atoms with E-state index in [-0.39, 0.29) is 0 Å². The van der Waals surface area contributed by atoms with Crippen LogP contribution in [0.15, 0.2) is 12.4 Å². The number of hydrogen-bond acceptors (Lipinski definition) is 6. The van der Waals surface area contributed by atoms with Gasteiger partial charge in [-0.1, -0.05) is 0 Å². The highest BCUT2D eigenvalue weighted by atomic mass is 19.4. The molecule has 1 spiro atoms. The molecule has 4 rings (SSSR count). The number of carbonyl (C=O) groups is 2. The number of piperidine rings is 2. The lowest BCUT2D eigenvalue weighted by atomic mass is 9.72. The summed E-state index contributed by atoms with van der Waals surface area (Å²) < 4.78 is 71.5. The summed E-state index contributed by atoms with van der Waals surface area (Å²) in [5.41, 5.74) is 0.552. The zero-order valence-corrected chi connectivity index (χ0v) is 21.1. The third-order valence-electron chi connectivity index (χ3n) is 6.91. The molecule has 0 amide bonds. The highest BCUT2D eigenvalue weighted by Gasteiger charge is 2.40. The SMILES string of the molecule is Cn1ccnc1CN1CCCC2(CCN(CC3CCCO3)CC2)C1.O=C(O)C(F)(F)F.O=C(O)C(F)(F)F. The van der Waals surface area contributed by atoms with E-state index in [4.69, 9.17) is 24.5 Å². The molecule has 218 valence electrons. The molecule has 3 aliphatic heterocycles. The second-order valence-corrected chi connectivity index (χ2v) is 9.81. The lowest BCUT2D eigenvalue weighted by Crippen LogP contribution is -2.50. The number of carboxylic acid groups (broad SMARTS) is 2. The Kier molecular flexibility index (Phi) is 11.4. The highest BCUT2D eigenvalue weighted by Crippen LogP contribution is 2.40. The number of rotatable bonds is 4. The van der Waals surface area contributed by atoms with Crippen LogP contribution in [-0.4, -0.2) is 99.3 Å². The molecule has 1 aromatic heterocycles. The minimum Gasteiger partial charge on any atom is -0.475 e. The summed E-state index contributed by atoms with van der Waals surface area (Å²) in [6.45, 7) is 8.15. The van der Waals surface area contributed by atoms with Crippen LogP contribution in [-0.2, 0) is 27.9 Å². The predicted molar refractivity (Wildman–Crippen MR) is 122 cm³/mol. The van der Waals surface area contributed by atoms with Gasteiger partial charge in [-0.25, -0.2) is 14.6 Å². The van der Waals surface area contributed by atoms with Gasteiger partial charge in [0.15, 0.2) is 0 Å². The third kappa shape index (κ3) is 10.4. The average Bonchev–Trinajstić information content (AvgIpc) is 3.47. The van der Waals surface area contributed by atoms with Gasteiger partial charge in [-0.15, -0.1) is 0 Å². The molecular formula is C23H34F6N4O5. The van der Waals surface area contributed by atoms with Crippen molar-refractivity contribution >= 4 is 11.9 Å². The fourth-order valence-electron chi connectivity index (χ4n) is 4.89. The first kappa shape index (κ1) is 31.8. The van der Waals surface area contributed by atoms with Crippen molar-refractivity contribution in [3.63, 3.8) is 0 Å². The maximum absolute atomic E-state index is 10.6. The summed E-state index contributed by atoms with van der Waals surface area (Å²) in [5, 5.41) is 14.2. The van der Waals surface area contributed by atoms with E-state index in [1.54, 1.807) is 0 Å². The van der Waals surface area contributed by atoms with Crippen LogP contribution in [0.1, 0.15) is 44.3 Å². The molecule has 2 N–H and O–H groups in total. The first-order chi connectivity index (χ1) is 17.6. The molecule has 1 aromatic rings. The standard InChI is InChI=1S/C19H32N4O.2C2HF3O2/c1-21-12-8-20-18(21)15-23-9-3-5-19(16-23)6-10-22(11-7-19)14-17-4-2-13-24-17;2*3-2(4,5)1(6)7/h8,12,17H,2-7,9-11,13-16H2,1H3;2*(H,6,7). The lowest BCUT2D eigenvalue weighted by molar-refractivity contribution is -0.193. The summed E-state index contributed by atoms with van der Waals surface area (Å²) in [6.07, 6.45) is 2.30. The number of aromatic nitrogens is 2. The number of ether oxygens (including phenoxy) is 1. The van der Waals surface area contributed by atoms with Crippen molar-refractivity contribution in [3.05, 3.63) is 18.2 Å². The maximum atomic E-state index is 10.6. The molecule has 15 heteroatoms. The minimum absolute atomic E-state index is 0.505. The van der Waals surface area contributed by atoms with Crippen molar-refractivity contribution in [2.24, 2.45) is 12.5 Å². The maximum Gasteiger partial charge on any atom is 0.490 e. The molecule has 3 fully saturated rings. The Morgan fingerprint density at radius 2 is 1.58 bits per heavy atom. The molecule has 4 heterocycles. The van der Waals surface area contributed by atoms with Crippen molar-refractivity contribution in [2.75, 3.05) is 39.3 Å². The van der Waals surface area contributed by atoms with Crippen molar-refractivity contribution in [3.8, 4) is 0 Å². The smallest absolute Gasteiger partial charge is 0.475 e. The van der Waals surface area contributed by atoms with E-state index >= 15 is 0 Å². The number of nitrogens with zero attached hydrogens (tertiary/aromatic N) is 4. The summed E-state index contributed by atoms with van der Waals surface area (Å²) in [6, 6.07) is 0. The second-order valence-electron chi connectivity index (χ2n) is 9.81. The van der Waals surface area contributed by atoms with E-state index in [1.807, 2.05) is 6.20 Å². The van der Waals surface area contributed by atoms with E-state index in [2.05, 4.69) is 32.6 Å². The zero-order chi connectivity index (χ0) is 28.6. The summed E-state index contributed by atoms with van der Waals surface area (Å²) in [7, 11) is 2.10. The summed E-state index contributed by atoms with van der Waals surface area (Å²) in [4.78, 5) is 27.6. The van der Waals surface area contributed by atoms with Gasteiger partial charge in [0, 0.05) is 39.1 Å². The Bertz CT molecular complexity index is 870. The van der Waals surface area contributed by atoms with Crippen LogP contribution in [0, 0.1) is 5.41 Å². The van der Waals surface area contributed by atoms with Gasteiger partial charge in [0.2, 0.25) is 0 Å². The number of alkyl halides is 6. The Morgan fingerprint density at radius 1 is 1.00 bits per heavy atom. The van der Waals surface area contributed by atoms with Gasteiger partial charge in [0.1, 0.15) is 5.82 Å². The molecule has 9 nitrogen and oxygen atoms in total. The Morgan fingerprint density at radius 3 is 2.03 bits per heavy atom. The van der Waals surface area contributed by atoms with Crippen LogP contribution in [0.4, 0.5) is 26.3 Å². The molecule has 0 saturated carbocycles. The van der Waals surface area contributed by atoms with Crippen LogP contribution in [0.5, 0.6) is 0 Å². The molecule has 0 radical (unpaired) electrons. The van der Waals surface area contributed by atoms with Gasteiger partial charge in [-0.3, -0.25) is 4.90 Å². The first-order valence-corrected chi connectivity index (χ1v) is 12.2. The van der Waals surface area contributed by atoms with Gasteiger partial charge in [0.25, 0.3) is 0 Å². The fourth-order valence-corrected chi connectivity index (χ4v) is 4.89. The Labute approximate surface area is 216 Å². The van der Waals surface area contributed by atoms with Gasteiger partial charge in [-0.05, 0) is 63.6 Å². The molecule has 1 unspecified atom stereocenters. The number of hydrogen-bond donors (Lipinski definition) is 2. The van der Waals surface area contributed by atoms with Crippen molar-refractivity contribution in [1.82, 2.24) is 19.4 Å². The van der Waals surface area contributed by atoms with E-state index in [0.29, 0.717) is 11.5 Å². The number of aliphatic carboxylic acids is 2. The molecule has 0 bridgehead atoms. The van der Waals surface area contributed by atoms with Crippen molar-refractivity contribution in [1.29, 1.82) is 0 Å². The van der Waals surface area contributed by atoms with Gasteiger partial charge >= 0.3 is 24.3 Å². The minimum atomic E-state index is -5.08. The topological polar surface area (TPSA) is 108 Å². The normalized spacial score (nSPS) is 22.2. The van der Waals surface area contributed by atoms with Crippen LogP contribution in [0.25, 0.3) is 0 Å². The summed E-state index contributed by atoms with van der Waals surface area (Å²) >= 11 is 0. The number of carboxylic acids is 2. The zero-order valence-electron chi connectivity index (χ0n) is 21.1. The molecular weight excluding hydrogens is 526 g/mol. The lowest BCUT2D eigenvalue weighted by Gasteiger charge is -2.48. The molecule has 3 aliphatic rings. The highest BCUT2D eigenvalue weighted by molar-refractivity contribution is 5.73. The molecule has 38 heavy (non-hydrogen) atoms. The Hall–Kier alpha value is -2.39. The van der Waals surface area contributed by atoms with Gasteiger partial charge in [0.05, 0.1) is 12.6 Å². The number of likely N-dealkylation sites (tertiary alicyclic amines) is 2. The van der Waals surface area contributed by atoms with E-state index in [9.17, 15) is 26.3 Å². The quantitative estimate of drug-likeness (QED) is 0.539. The number of imidazole rings is 1. The van der Waals surface area contributed by atoms with Crippen LogP contribution in [0.3, 0.4) is 0 Å². The average molecular weight is 561 g/mol. The Balaban J connectivity index is 0.000000301. The van der Waals surface area contributed by atoms with E-state index in [1.165, 1.54) is 70.5 Å². The molecule has 3 saturated heterocycles. The van der Waals surface area contributed by atoms with Crippen molar-refractivity contribution in [2.45, 2.75) is 63.5 Å². The molecule has 0 aromatic carbocycles. The van der Waals surface area contributed by atoms with Crippen LogP contribution < -0.4 is 0 Å². The van der Waals surface area contributed by atoms with Crippen LogP contribution >= 0.6 is 0 Å². The van der Waals surface area contributed by atoms with Crippen LogP contribution in [0.2, 0.25) is 0 Å². The van der Waals surface area contributed by atoms with E-state index < -0.39 is 24.3 Å². The second kappa shape index (κ2) is 13.6. The summed E-state index contributed by atoms with van der Waals surface area (Å²) in [5.74, 6) is -4.32. The molecule has 0 aliphatic carbocycles. The monoisotopic (exact) mass is 560 g/mol. The fraction of sp³-hybridized carbons (Fsp3) is 0.783. The van der Waals surface area contributed by atoms with Crippen molar-refractivity contribution < 1.29 is 50.9 Å². The predicted octanol–water partition coefficient (Wildman–Crippen LogP) is 3.54. The van der Waals surface area contributed by atoms with Gasteiger partial charge < -0.3 is 24.4 Å². The largest absolute Gasteiger partial charge is 0.490 e. The first-order valence-electron chi connectivity index (χ1n) is 12.2. The van der Waals surface area contributed by atoms with E-state index in [0.717, 1.165) is 19.7 Å².